The monoisotopic (exact) mass is 410 g/mol. The molecule has 0 aliphatic carbocycles. The van der Waals surface area contributed by atoms with Crippen molar-refractivity contribution in [1.29, 1.82) is 0 Å². The molecule has 8 nitrogen and oxygen atoms in total. The van der Waals surface area contributed by atoms with Crippen LogP contribution in [0.15, 0.2) is 53.6 Å². The second kappa shape index (κ2) is 8.00. The minimum atomic E-state index is -0.383. The standard InChI is InChI=1S/C20H19ClN6O2/c1-14-13-17(28)18(24-27(14)16-5-3-15(21)4-6-16)19(29)25-9-11-26(12-10-25)20-22-7-2-8-23-20/h2-8,13H,9-12H2,1H3. The Bertz CT molecular complexity index is 1080. The van der Waals surface area contributed by atoms with Gasteiger partial charge in [0.15, 0.2) is 5.69 Å². The summed E-state index contributed by atoms with van der Waals surface area (Å²) in [7, 11) is 0. The zero-order valence-corrected chi connectivity index (χ0v) is 16.6. The fourth-order valence-electron chi connectivity index (χ4n) is 3.25. The van der Waals surface area contributed by atoms with E-state index in [1.165, 1.54) is 6.07 Å². The first kappa shape index (κ1) is 19.1. The molecule has 148 valence electrons. The zero-order chi connectivity index (χ0) is 20.4. The fourth-order valence-corrected chi connectivity index (χ4v) is 3.38. The van der Waals surface area contributed by atoms with E-state index in [0.717, 1.165) is 5.69 Å². The molecule has 29 heavy (non-hydrogen) atoms. The van der Waals surface area contributed by atoms with Gasteiger partial charge in [0, 0.05) is 55.4 Å². The maximum atomic E-state index is 13.0. The third kappa shape index (κ3) is 3.97. The van der Waals surface area contributed by atoms with Crippen molar-refractivity contribution in [2.24, 2.45) is 0 Å². The average molecular weight is 411 g/mol. The van der Waals surface area contributed by atoms with Crippen LogP contribution in [-0.4, -0.2) is 56.7 Å². The molecule has 2 aromatic heterocycles. The van der Waals surface area contributed by atoms with Crippen LogP contribution in [0.4, 0.5) is 5.95 Å². The summed E-state index contributed by atoms with van der Waals surface area (Å²) in [5, 5.41) is 4.96. The average Bonchev–Trinajstić information content (AvgIpc) is 2.75. The Morgan fingerprint density at radius 2 is 1.69 bits per heavy atom. The van der Waals surface area contributed by atoms with Crippen LogP contribution in [0.1, 0.15) is 16.2 Å². The van der Waals surface area contributed by atoms with Crippen molar-refractivity contribution in [2.45, 2.75) is 6.92 Å². The van der Waals surface area contributed by atoms with E-state index in [0.29, 0.717) is 42.8 Å². The molecule has 0 spiro atoms. The first-order valence-electron chi connectivity index (χ1n) is 9.21. The number of halogens is 1. The summed E-state index contributed by atoms with van der Waals surface area (Å²) in [6.45, 7) is 3.88. The summed E-state index contributed by atoms with van der Waals surface area (Å²) in [6.07, 6.45) is 3.38. The summed E-state index contributed by atoms with van der Waals surface area (Å²) in [5.41, 5.74) is 0.897. The van der Waals surface area contributed by atoms with E-state index in [4.69, 9.17) is 11.6 Å². The number of carbonyl (C=O) groups is 1. The van der Waals surface area contributed by atoms with Crippen molar-refractivity contribution >= 4 is 23.5 Å². The van der Waals surface area contributed by atoms with E-state index in [-0.39, 0.29) is 17.0 Å². The van der Waals surface area contributed by atoms with Crippen molar-refractivity contribution in [3.8, 4) is 5.69 Å². The van der Waals surface area contributed by atoms with Crippen LogP contribution >= 0.6 is 11.6 Å². The summed E-state index contributed by atoms with van der Waals surface area (Å²) in [5.74, 6) is 0.268. The number of benzene rings is 1. The van der Waals surface area contributed by atoms with E-state index in [2.05, 4.69) is 15.1 Å². The van der Waals surface area contributed by atoms with Crippen LogP contribution < -0.4 is 10.3 Å². The number of hydrogen-bond acceptors (Lipinski definition) is 6. The molecule has 4 rings (SSSR count). The lowest BCUT2D eigenvalue weighted by Crippen LogP contribution is -2.50. The van der Waals surface area contributed by atoms with Gasteiger partial charge in [0.1, 0.15) is 0 Å². The van der Waals surface area contributed by atoms with Gasteiger partial charge in [-0.25, -0.2) is 14.6 Å². The van der Waals surface area contributed by atoms with Crippen LogP contribution in [0.3, 0.4) is 0 Å². The molecule has 1 aliphatic rings. The lowest BCUT2D eigenvalue weighted by Gasteiger charge is -2.34. The molecule has 0 atom stereocenters. The first-order chi connectivity index (χ1) is 14.0. The normalized spacial score (nSPS) is 14.1. The molecule has 1 aliphatic heterocycles. The highest BCUT2D eigenvalue weighted by Crippen LogP contribution is 2.15. The van der Waals surface area contributed by atoms with Crippen molar-refractivity contribution in [1.82, 2.24) is 24.6 Å². The van der Waals surface area contributed by atoms with Crippen LogP contribution in [0.5, 0.6) is 0 Å². The lowest BCUT2D eigenvalue weighted by atomic mass is 10.2. The van der Waals surface area contributed by atoms with Crippen molar-refractivity contribution in [3.05, 3.63) is 75.4 Å². The molecule has 0 unspecified atom stereocenters. The van der Waals surface area contributed by atoms with Crippen molar-refractivity contribution in [2.75, 3.05) is 31.1 Å². The number of aromatic nitrogens is 4. The van der Waals surface area contributed by atoms with Crippen LogP contribution in [0.2, 0.25) is 5.02 Å². The van der Waals surface area contributed by atoms with Gasteiger partial charge in [-0.15, -0.1) is 0 Å². The van der Waals surface area contributed by atoms with E-state index >= 15 is 0 Å². The minimum Gasteiger partial charge on any atom is -0.337 e. The van der Waals surface area contributed by atoms with Gasteiger partial charge in [-0.1, -0.05) is 11.6 Å². The Morgan fingerprint density at radius 3 is 2.34 bits per heavy atom. The summed E-state index contributed by atoms with van der Waals surface area (Å²) in [6, 6.07) is 10.3. The molecule has 9 heteroatoms. The molecule has 1 fully saturated rings. The predicted octanol–water partition coefficient (Wildman–Crippen LogP) is 1.95. The molecule has 0 saturated carbocycles. The topological polar surface area (TPSA) is 84.2 Å². The van der Waals surface area contributed by atoms with Crippen molar-refractivity contribution in [3.63, 3.8) is 0 Å². The van der Waals surface area contributed by atoms with Gasteiger partial charge in [-0.3, -0.25) is 9.59 Å². The summed E-state index contributed by atoms with van der Waals surface area (Å²) >= 11 is 5.95. The number of aryl methyl sites for hydroxylation is 1. The maximum Gasteiger partial charge on any atom is 0.278 e. The molecule has 0 bridgehead atoms. The lowest BCUT2D eigenvalue weighted by molar-refractivity contribution is 0.0737. The molecular formula is C20H19ClN6O2. The molecule has 3 aromatic rings. The summed E-state index contributed by atoms with van der Waals surface area (Å²) in [4.78, 5) is 37.6. The number of piperazine rings is 1. The quantitative estimate of drug-likeness (QED) is 0.656. The molecule has 0 radical (unpaired) electrons. The minimum absolute atomic E-state index is 0.0880. The van der Waals surface area contributed by atoms with E-state index in [1.807, 2.05) is 4.90 Å². The Kier molecular flexibility index (Phi) is 5.26. The highest BCUT2D eigenvalue weighted by atomic mass is 35.5. The molecule has 1 aromatic carbocycles. The number of rotatable bonds is 3. The first-order valence-corrected chi connectivity index (χ1v) is 9.59. The Labute approximate surface area is 172 Å². The van der Waals surface area contributed by atoms with Gasteiger partial charge in [0.25, 0.3) is 5.91 Å². The number of amides is 1. The highest BCUT2D eigenvalue weighted by molar-refractivity contribution is 6.30. The Hall–Kier alpha value is -3.26. The number of hydrogen-bond donors (Lipinski definition) is 0. The maximum absolute atomic E-state index is 13.0. The van der Waals surface area contributed by atoms with E-state index in [1.54, 1.807) is 59.2 Å². The van der Waals surface area contributed by atoms with Crippen LogP contribution in [0.25, 0.3) is 5.69 Å². The van der Waals surface area contributed by atoms with Gasteiger partial charge in [-0.05, 0) is 37.3 Å². The SMILES string of the molecule is Cc1cc(=O)c(C(=O)N2CCN(c3ncccn3)CC2)nn1-c1ccc(Cl)cc1. The molecule has 3 heterocycles. The van der Waals surface area contributed by atoms with Crippen LogP contribution in [-0.2, 0) is 0 Å². The number of carbonyl (C=O) groups excluding carboxylic acids is 1. The Balaban J connectivity index is 1.55. The van der Waals surface area contributed by atoms with Crippen LogP contribution in [0, 0.1) is 6.92 Å². The third-order valence-corrected chi connectivity index (χ3v) is 5.04. The van der Waals surface area contributed by atoms with Gasteiger partial charge in [0.2, 0.25) is 11.4 Å². The number of nitrogens with zero attached hydrogens (tertiary/aromatic N) is 6. The second-order valence-corrected chi connectivity index (χ2v) is 7.15. The van der Waals surface area contributed by atoms with Gasteiger partial charge in [0.05, 0.1) is 5.69 Å². The largest absolute Gasteiger partial charge is 0.337 e. The molecule has 0 N–H and O–H groups in total. The molecular weight excluding hydrogens is 392 g/mol. The fraction of sp³-hybridized carbons (Fsp3) is 0.250. The third-order valence-electron chi connectivity index (χ3n) is 4.78. The van der Waals surface area contributed by atoms with Gasteiger partial charge in [-0.2, -0.15) is 5.10 Å². The molecule has 1 saturated heterocycles. The van der Waals surface area contributed by atoms with E-state index in [9.17, 15) is 9.59 Å². The predicted molar refractivity (Wildman–Crippen MR) is 110 cm³/mol. The van der Waals surface area contributed by atoms with Gasteiger partial charge < -0.3 is 9.80 Å². The molecule has 1 amide bonds. The Morgan fingerprint density at radius 1 is 1.03 bits per heavy atom. The zero-order valence-electron chi connectivity index (χ0n) is 15.8. The summed E-state index contributed by atoms with van der Waals surface area (Å²) < 4.78 is 1.58. The van der Waals surface area contributed by atoms with E-state index < -0.39 is 0 Å². The van der Waals surface area contributed by atoms with Crippen molar-refractivity contribution < 1.29 is 4.79 Å². The highest BCUT2D eigenvalue weighted by Gasteiger charge is 2.26. The second-order valence-electron chi connectivity index (χ2n) is 6.71. The smallest absolute Gasteiger partial charge is 0.278 e. The number of anilines is 1. The van der Waals surface area contributed by atoms with Gasteiger partial charge >= 0.3 is 0 Å².